The topological polar surface area (TPSA) is 72.9 Å². The molecule has 0 N–H and O–H groups in total. The Morgan fingerprint density at radius 3 is 2.95 bits per heavy atom. The average molecular weight is 309 g/mol. The van der Waals surface area contributed by atoms with E-state index in [1.54, 1.807) is 11.8 Å². The van der Waals surface area contributed by atoms with Crippen molar-refractivity contribution in [1.82, 2.24) is 4.90 Å². The number of esters is 1. The predicted octanol–water partition coefficient (Wildman–Crippen LogP) is 1.62. The molecule has 6 nitrogen and oxygen atoms in total. The van der Waals surface area contributed by atoms with Crippen LogP contribution in [-0.2, 0) is 19.1 Å². The van der Waals surface area contributed by atoms with E-state index in [2.05, 4.69) is 0 Å². The van der Waals surface area contributed by atoms with Crippen LogP contribution in [0.1, 0.15) is 33.1 Å². The molecule has 6 heteroatoms. The van der Waals surface area contributed by atoms with Crippen molar-refractivity contribution in [3.63, 3.8) is 0 Å². The van der Waals surface area contributed by atoms with Crippen LogP contribution in [0.15, 0.2) is 0 Å². The summed E-state index contributed by atoms with van der Waals surface area (Å²) in [7, 11) is 0. The minimum atomic E-state index is -0.334. The molecule has 2 heterocycles. The summed E-state index contributed by atoms with van der Waals surface area (Å²) in [5.74, 6) is -0.664. The molecular formula is C16H23NO5. The quantitative estimate of drug-likeness (QED) is 0.572. The van der Waals surface area contributed by atoms with Crippen LogP contribution >= 0.6 is 0 Å². The van der Waals surface area contributed by atoms with Crippen molar-refractivity contribution in [3.05, 3.63) is 0 Å². The first-order valence-electron chi connectivity index (χ1n) is 8.17. The molecule has 3 rings (SSSR count). The van der Waals surface area contributed by atoms with Crippen molar-refractivity contribution in [3.8, 4) is 0 Å². The van der Waals surface area contributed by atoms with E-state index in [1.165, 1.54) is 0 Å². The fraction of sp³-hybridized carbons (Fsp3) is 0.812. The SMILES string of the molecule is CCOC(=O)N1CCC[C@H]2[C@H](C=O)[C@@H]3[C@@H](C)OC(=O)[C@@H]3C[C@@H]21. The van der Waals surface area contributed by atoms with Gasteiger partial charge in [0.05, 0.1) is 12.5 Å². The zero-order valence-corrected chi connectivity index (χ0v) is 13.1. The van der Waals surface area contributed by atoms with Gasteiger partial charge in [0.2, 0.25) is 0 Å². The molecule has 3 aliphatic rings. The molecule has 1 amide bonds. The summed E-state index contributed by atoms with van der Waals surface area (Å²) in [6, 6.07) is -0.0953. The van der Waals surface area contributed by atoms with Gasteiger partial charge in [-0.25, -0.2) is 4.79 Å². The number of carbonyl (C=O) groups is 3. The third kappa shape index (κ3) is 2.29. The third-order valence-corrected chi connectivity index (χ3v) is 5.54. The molecule has 22 heavy (non-hydrogen) atoms. The molecule has 6 atom stereocenters. The monoisotopic (exact) mass is 309 g/mol. The van der Waals surface area contributed by atoms with Crippen molar-refractivity contribution in [2.45, 2.75) is 45.3 Å². The first-order chi connectivity index (χ1) is 10.6. The molecular weight excluding hydrogens is 286 g/mol. The number of cyclic esters (lactones) is 1. The standard InChI is InChI=1S/C16H23NO5/c1-3-21-16(20)17-6-4-5-10-12(8-18)14-9(2)22-15(19)11(14)7-13(10)17/h8-14H,3-7H2,1-2H3/t9-,10+,11-,12+,13+,14-/m1/s1. The van der Waals surface area contributed by atoms with Crippen LogP contribution in [0.2, 0.25) is 0 Å². The lowest BCUT2D eigenvalue weighted by Crippen LogP contribution is -2.57. The van der Waals surface area contributed by atoms with Crippen LogP contribution < -0.4 is 0 Å². The van der Waals surface area contributed by atoms with Crippen molar-refractivity contribution < 1.29 is 23.9 Å². The Labute approximate surface area is 130 Å². The number of likely N-dealkylation sites (tertiary alicyclic amines) is 1. The highest BCUT2D eigenvalue weighted by Gasteiger charge is 2.56. The summed E-state index contributed by atoms with van der Waals surface area (Å²) in [5, 5.41) is 0. The largest absolute Gasteiger partial charge is 0.462 e. The fourth-order valence-electron chi connectivity index (χ4n) is 4.68. The molecule has 0 radical (unpaired) electrons. The average Bonchev–Trinajstić information content (AvgIpc) is 2.79. The van der Waals surface area contributed by atoms with E-state index in [0.717, 1.165) is 19.1 Å². The van der Waals surface area contributed by atoms with Crippen LogP contribution in [0, 0.1) is 23.7 Å². The van der Waals surface area contributed by atoms with Gasteiger partial charge in [-0.1, -0.05) is 0 Å². The summed E-state index contributed by atoms with van der Waals surface area (Å²) >= 11 is 0. The zero-order valence-electron chi connectivity index (χ0n) is 13.1. The lowest BCUT2D eigenvalue weighted by molar-refractivity contribution is -0.144. The molecule has 0 unspecified atom stereocenters. The minimum absolute atomic E-state index is 0.0478. The third-order valence-electron chi connectivity index (χ3n) is 5.54. The highest BCUT2D eigenvalue weighted by atomic mass is 16.6. The van der Waals surface area contributed by atoms with E-state index in [-0.39, 0.29) is 47.9 Å². The van der Waals surface area contributed by atoms with E-state index in [0.29, 0.717) is 19.6 Å². The zero-order chi connectivity index (χ0) is 15.9. The minimum Gasteiger partial charge on any atom is -0.462 e. The smallest absolute Gasteiger partial charge is 0.410 e. The Hall–Kier alpha value is -1.59. The van der Waals surface area contributed by atoms with E-state index in [4.69, 9.17) is 9.47 Å². The molecule has 0 spiro atoms. The predicted molar refractivity (Wildman–Crippen MR) is 76.9 cm³/mol. The van der Waals surface area contributed by atoms with Gasteiger partial charge in [-0.2, -0.15) is 0 Å². The Morgan fingerprint density at radius 1 is 1.50 bits per heavy atom. The van der Waals surface area contributed by atoms with E-state index in [1.807, 2.05) is 6.92 Å². The normalized spacial score (nSPS) is 40.5. The Morgan fingerprint density at radius 2 is 2.27 bits per heavy atom. The molecule has 2 saturated heterocycles. The van der Waals surface area contributed by atoms with E-state index >= 15 is 0 Å². The maximum atomic E-state index is 12.2. The maximum absolute atomic E-state index is 12.2. The molecule has 0 aromatic carbocycles. The number of hydrogen-bond acceptors (Lipinski definition) is 5. The number of rotatable bonds is 2. The second kappa shape index (κ2) is 5.89. The van der Waals surface area contributed by atoms with Gasteiger partial charge < -0.3 is 19.2 Å². The van der Waals surface area contributed by atoms with E-state index < -0.39 is 0 Å². The summed E-state index contributed by atoms with van der Waals surface area (Å²) < 4.78 is 10.5. The molecule has 0 aromatic heterocycles. The lowest BCUT2D eigenvalue weighted by atomic mass is 9.61. The summed E-state index contributed by atoms with van der Waals surface area (Å²) in [4.78, 5) is 37.7. The number of fused-ring (bicyclic) bond motifs is 2. The maximum Gasteiger partial charge on any atom is 0.410 e. The fourth-order valence-corrected chi connectivity index (χ4v) is 4.68. The van der Waals surface area contributed by atoms with Gasteiger partial charge in [-0.15, -0.1) is 0 Å². The van der Waals surface area contributed by atoms with Crippen molar-refractivity contribution in [2.75, 3.05) is 13.2 Å². The number of aldehydes is 1. The van der Waals surface area contributed by atoms with Gasteiger partial charge >= 0.3 is 12.1 Å². The van der Waals surface area contributed by atoms with Crippen molar-refractivity contribution in [2.24, 2.45) is 23.7 Å². The molecule has 1 saturated carbocycles. The van der Waals surface area contributed by atoms with Gasteiger partial charge in [0, 0.05) is 24.4 Å². The summed E-state index contributed by atoms with van der Waals surface area (Å²) in [5.41, 5.74) is 0. The van der Waals surface area contributed by atoms with Crippen LogP contribution in [0.25, 0.3) is 0 Å². The van der Waals surface area contributed by atoms with Crippen molar-refractivity contribution in [1.29, 1.82) is 0 Å². The number of nitrogens with zero attached hydrogens (tertiary/aromatic N) is 1. The van der Waals surface area contributed by atoms with Gasteiger partial charge in [-0.3, -0.25) is 4.79 Å². The molecule has 2 aliphatic heterocycles. The number of hydrogen-bond donors (Lipinski definition) is 0. The van der Waals surface area contributed by atoms with Gasteiger partial charge in [0.1, 0.15) is 12.4 Å². The summed E-state index contributed by atoms with van der Waals surface area (Å²) in [6.45, 7) is 4.61. The van der Waals surface area contributed by atoms with Gasteiger partial charge in [0.15, 0.2) is 0 Å². The number of amides is 1. The molecule has 3 fully saturated rings. The molecule has 0 aromatic rings. The Bertz CT molecular complexity index is 479. The summed E-state index contributed by atoms with van der Waals surface area (Å²) in [6.07, 6.45) is 2.79. The molecule has 1 aliphatic carbocycles. The number of ether oxygens (including phenoxy) is 2. The number of carbonyl (C=O) groups excluding carboxylic acids is 3. The highest BCUT2D eigenvalue weighted by molar-refractivity contribution is 5.77. The Balaban J connectivity index is 1.88. The number of piperidine rings is 1. The lowest BCUT2D eigenvalue weighted by Gasteiger charge is -2.49. The highest BCUT2D eigenvalue weighted by Crippen LogP contribution is 2.49. The van der Waals surface area contributed by atoms with E-state index in [9.17, 15) is 14.4 Å². The van der Waals surface area contributed by atoms with Crippen LogP contribution in [0.5, 0.6) is 0 Å². The molecule has 122 valence electrons. The first kappa shape index (κ1) is 15.3. The van der Waals surface area contributed by atoms with Crippen LogP contribution in [-0.4, -0.2) is 48.5 Å². The molecule has 0 bridgehead atoms. The second-order valence-electron chi connectivity index (χ2n) is 6.54. The van der Waals surface area contributed by atoms with Crippen LogP contribution in [0.3, 0.4) is 0 Å². The first-order valence-corrected chi connectivity index (χ1v) is 8.17. The van der Waals surface area contributed by atoms with Crippen molar-refractivity contribution >= 4 is 18.3 Å². The Kier molecular flexibility index (Phi) is 4.10. The van der Waals surface area contributed by atoms with Gasteiger partial charge in [0.25, 0.3) is 0 Å². The van der Waals surface area contributed by atoms with Crippen LogP contribution in [0.4, 0.5) is 4.79 Å². The van der Waals surface area contributed by atoms with Gasteiger partial charge in [-0.05, 0) is 39.0 Å². The second-order valence-corrected chi connectivity index (χ2v) is 6.54.